The van der Waals surface area contributed by atoms with Crippen molar-refractivity contribution in [2.75, 3.05) is 25.1 Å². The van der Waals surface area contributed by atoms with Crippen molar-refractivity contribution in [1.29, 1.82) is 0 Å². The van der Waals surface area contributed by atoms with Crippen LogP contribution in [0.15, 0.2) is 18.2 Å². The van der Waals surface area contributed by atoms with Gasteiger partial charge in [-0.05, 0) is 43.7 Å². The molecular formula is C14H20N2O. The van der Waals surface area contributed by atoms with Crippen LogP contribution >= 0.6 is 0 Å². The van der Waals surface area contributed by atoms with Gasteiger partial charge in [0.2, 0.25) is 0 Å². The molecule has 0 unspecified atom stereocenters. The Hall–Kier alpha value is -1.22. The topological polar surface area (TPSA) is 24.5 Å². The Balaban J connectivity index is 2.08. The van der Waals surface area contributed by atoms with Crippen molar-refractivity contribution in [2.24, 2.45) is 0 Å². The van der Waals surface area contributed by atoms with Crippen molar-refractivity contribution in [3.05, 3.63) is 23.8 Å². The van der Waals surface area contributed by atoms with Gasteiger partial charge in [-0.25, -0.2) is 0 Å². The number of benzene rings is 1. The number of hydrogen-bond donors (Lipinski definition) is 1. The van der Waals surface area contributed by atoms with Crippen LogP contribution in [0.1, 0.15) is 25.8 Å². The van der Waals surface area contributed by atoms with Gasteiger partial charge in [-0.1, -0.05) is 6.92 Å². The molecule has 0 amide bonds. The van der Waals surface area contributed by atoms with Crippen LogP contribution in [-0.2, 0) is 5.41 Å². The third kappa shape index (κ3) is 1.38. The first-order valence-electron chi connectivity index (χ1n) is 6.40. The first-order valence-corrected chi connectivity index (χ1v) is 6.40. The highest BCUT2D eigenvalue weighted by Gasteiger charge is 2.49. The third-order valence-electron chi connectivity index (χ3n) is 4.25. The summed E-state index contributed by atoms with van der Waals surface area (Å²) in [6, 6.07) is 6.48. The molecule has 2 heterocycles. The van der Waals surface area contributed by atoms with E-state index in [1.54, 1.807) is 0 Å². The van der Waals surface area contributed by atoms with Crippen LogP contribution in [0.5, 0.6) is 5.75 Å². The average Bonchev–Trinajstić information content (AvgIpc) is 2.79. The summed E-state index contributed by atoms with van der Waals surface area (Å²) in [6.45, 7) is 6.22. The monoisotopic (exact) mass is 232 g/mol. The fourth-order valence-corrected chi connectivity index (χ4v) is 3.35. The van der Waals surface area contributed by atoms with Crippen molar-refractivity contribution >= 4 is 5.69 Å². The highest BCUT2D eigenvalue weighted by atomic mass is 16.5. The molecule has 0 bridgehead atoms. The Morgan fingerprint density at radius 3 is 3.12 bits per heavy atom. The lowest BCUT2D eigenvalue weighted by Crippen LogP contribution is -2.44. The number of ether oxygens (including phenoxy) is 1. The number of likely N-dealkylation sites (N-methyl/N-ethyl adjacent to an activating group) is 1. The van der Waals surface area contributed by atoms with Gasteiger partial charge in [0.05, 0.1) is 12.8 Å². The zero-order valence-corrected chi connectivity index (χ0v) is 10.8. The largest absolute Gasteiger partial charge is 0.494 e. The first kappa shape index (κ1) is 10.9. The molecular weight excluding hydrogens is 212 g/mol. The zero-order valence-electron chi connectivity index (χ0n) is 10.8. The fraction of sp³-hybridized carbons (Fsp3) is 0.571. The maximum absolute atomic E-state index is 5.62. The molecule has 3 rings (SSSR count). The number of nitrogens with zero attached hydrogens (tertiary/aromatic N) is 1. The molecule has 2 aliphatic heterocycles. The van der Waals surface area contributed by atoms with Gasteiger partial charge >= 0.3 is 0 Å². The van der Waals surface area contributed by atoms with Gasteiger partial charge in [-0.3, -0.25) is 5.32 Å². The van der Waals surface area contributed by atoms with E-state index in [1.165, 1.54) is 17.7 Å². The minimum absolute atomic E-state index is 0.233. The molecule has 1 saturated heterocycles. The van der Waals surface area contributed by atoms with Crippen LogP contribution < -0.4 is 15.0 Å². The second-order valence-corrected chi connectivity index (χ2v) is 5.25. The van der Waals surface area contributed by atoms with Crippen LogP contribution in [0.4, 0.5) is 5.69 Å². The Kier molecular flexibility index (Phi) is 2.33. The summed E-state index contributed by atoms with van der Waals surface area (Å²) >= 11 is 0. The molecule has 3 nitrogen and oxygen atoms in total. The molecule has 1 aromatic rings. The third-order valence-corrected chi connectivity index (χ3v) is 4.25. The van der Waals surface area contributed by atoms with Gasteiger partial charge < -0.3 is 9.64 Å². The highest BCUT2D eigenvalue weighted by Crippen LogP contribution is 2.48. The Morgan fingerprint density at radius 1 is 1.53 bits per heavy atom. The van der Waals surface area contributed by atoms with E-state index < -0.39 is 0 Å². The van der Waals surface area contributed by atoms with Crippen LogP contribution in [-0.4, -0.2) is 26.4 Å². The van der Waals surface area contributed by atoms with Crippen molar-refractivity contribution in [2.45, 2.75) is 31.8 Å². The van der Waals surface area contributed by atoms with E-state index in [2.05, 4.69) is 42.4 Å². The maximum atomic E-state index is 5.62. The molecule has 2 aliphatic rings. The number of nitrogens with one attached hydrogen (secondary N) is 1. The first-order chi connectivity index (χ1) is 8.16. The molecule has 3 heteroatoms. The summed E-state index contributed by atoms with van der Waals surface area (Å²) in [5.41, 5.74) is 3.01. The normalized spacial score (nSPS) is 30.3. The van der Waals surface area contributed by atoms with Gasteiger partial charge in [-0.2, -0.15) is 0 Å². The molecule has 92 valence electrons. The van der Waals surface area contributed by atoms with E-state index >= 15 is 0 Å². The second kappa shape index (κ2) is 3.64. The number of fused-ring (bicyclic) bond motifs is 3. The van der Waals surface area contributed by atoms with E-state index in [9.17, 15) is 0 Å². The Morgan fingerprint density at radius 2 is 2.35 bits per heavy atom. The SMILES string of the molecule is CCOc1ccc2c(c1)[C@]1(C)CCN[C@@H]1N2C. The van der Waals surface area contributed by atoms with E-state index in [0.29, 0.717) is 6.17 Å². The van der Waals surface area contributed by atoms with Gasteiger partial charge in [0.15, 0.2) is 0 Å². The molecule has 0 aromatic heterocycles. The maximum Gasteiger partial charge on any atom is 0.119 e. The Bertz CT molecular complexity index is 446. The predicted octanol–water partition coefficient (Wildman–Crippen LogP) is 2.11. The lowest BCUT2D eigenvalue weighted by molar-refractivity contribution is 0.338. The minimum atomic E-state index is 0.233. The second-order valence-electron chi connectivity index (χ2n) is 5.25. The predicted molar refractivity (Wildman–Crippen MR) is 69.8 cm³/mol. The number of hydrogen-bond acceptors (Lipinski definition) is 3. The van der Waals surface area contributed by atoms with E-state index in [4.69, 9.17) is 4.74 Å². The number of anilines is 1. The van der Waals surface area contributed by atoms with Crippen molar-refractivity contribution in [1.82, 2.24) is 5.32 Å². The standard InChI is InChI=1S/C14H20N2O/c1-4-17-10-5-6-12-11(9-10)14(2)7-8-15-13(14)16(12)3/h5-6,9,13,15H,4,7-8H2,1-3H3/t13-,14+/m1/s1. The molecule has 0 spiro atoms. The van der Waals surface area contributed by atoms with Crippen LogP contribution in [0.2, 0.25) is 0 Å². The molecule has 17 heavy (non-hydrogen) atoms. The van der Waals surface area contributed by atoms with E-state index in [-0.39, 0.29) is 5.41 Å². The minimum Gasteiger partial charge on any atom is -0.494 e. The smallest absolute Gasteiger partial charge is 0.119 e. The summed E-state index contributed by atoms with van der Waals surface area (Å²) < 4.78 is 5.62. The Labute approximate surface area is 103 Å². The molecule has 0 radical (unpaired) electrons. The van der Waals surface area contributed by atoms with Crippen molar-refractivity contribution < 1.29 is 4.74 Å². The van der Waals surface area contributed by atoms with E-state index in [0.717, 1.165) is 18.9 Å². The van der Waals surface area contributed by atoms with E-state index in [1.807, 2.05) is 6.92 Å². The fourth-order valence-electron chi connectivity index (χ4n) is 3.35. The zero-order chi connectivity index (χ0) is 12.0. The van der Waals surface area contributed by atoms with Gasteiger partial charge in [0.1, 0.15) is 5.75 Å². The van der Waals surface area contributed by atoms with Crippen molar-refractivity contribution in [3.8, 4) is 5.75 Å². The summed E-state index contributed by atoms with van der Waals surface area (Å²) in [7, 11) is 2.17. The van der Waals surface area contributed by atoms with Gasteiger partial charge in [0, 0.05) is 18.2 Å². The number of rotatable bonds is 2. The van der Waals surface area contributed by atoms with Crippen molar-refractivity contribution in [3.63, 3.8) is 0 Å². The van der Waals surface area contributed by atoms with Crippen LogP contribution in [0.3, 0.4) is 0 Å². The molecule has 2 atom stereocenters. The quantitative estimate of drug-likeness (QED) is 0.845. The molecule has 0 aliphatic carbocycles. The molecule has 1 fully saturated rings. The lowest BCUT2D eigenvalue weighted by atomic mass is 9.81. The summed E-state index contributed by atoms with van der Waals surface area (Å²) in [5.74, 6) is 0.994. The molecule has 1 aromatic carbocycles. The van der Waals surface area contributed by atoms with Crippen LogP contribution in [0.25, 0.3) is 0 Å². The summed E-state index contributed by atoms with van der Waals surface area (Å²) in [5, 5.41) is 3.59. The van der Waals surface area contributed by atoms with Gasteiger partial charge in [0.25, 0.3) is 0 Å². The van der Waals surface area contributed by atoms with Gasteiger partial charge in [-0.15, -0.1) is 0 Å². The highest BCUT2D eigenvalue weighted by molar-refractivity contribution is 5.66. The molecule has 1 N–H and O–H groups in total. The lowest BCUT2D eigenvalue weighted by Gasteiger charge is -2.27. The average molecular weight is 232 g/mol. The summed E-state index contributed by atoms with van der Waals surface area (Å²) in [4.78, 5) is 2.36. The summed E-state index contributed by atoms with van der Waals surface area (Å²) in [6.07, 6.45) is 1.64. The molecule has 0 saturated carbocycles. The van der Waals surface area contributed by atoms with Crippen LogP contribution in [0, 0.1) is 0 Å².